The molecule has 8 heteroatoms. The van der Waals surface area contributed by atoms with Crippen molar-refractivity contribution in [1.82, 2.24) is 0 Å². The molecular weight excluding hydrogens is 584 g/mol. The molecule has 1 atom stereocenters. The molecule has 0 aliphatic rings. The second-order valence-corrected chi connectivity index (χ2v) is 11.8. The molecule has 0 saturated heterocycles. The molecule has 8 nitrogen and oxygen atoms in total. The van der Waals surface area contributed by atoms with Gasteiger partial charge in [0.1, 0.15) is 5.57 Å². The fourth-order valence-electron chi connectivity index (χ4n) is 5.39. The number of carbonyl (C=O) groups excluding carboxylic acids is 2. The Labute approximate surface area is 273 Å². The van der Waals surface area contributed by atoms with Crippen LogP contribution in [0.4, 0.5) is 0 Å². The first-order valence-corrected chi connectivity index (χ1v) is 16.6. The third kappa shape index (κ3) is 14.8. The van der Waals surface area contributed by atoms with Crippen LogP contribution < -0.4 is 0 Å². The molecule has 0 bridgehead atoms. The monoisotopic (exact) mass is 636 g/mol. The number of carboxylic acids is 3. The van der Waals surface area contributed by atoms with Crippen LogP contribution in [0.25, 0.3) is 0 Å². The number of carbonyl (C=O) groups is 5. The van der Waals surface area contributed by atoms with E-state index in [0.29, 0.717) is 11.5 Å². The Balaban J connectivity index is 0.000000587. The minimum Gasteiger partial charge on any atom is -0.478 e. The van der Waals surface area contributed by atoms with Crippen molar-refractivity contribution in [1.29, 1.82) is 0 Å². The lowest BCUT2D eigenvalue weighted by molar-refractivity contribution is -0.132. The highest BCUT2D eigenvalue weighted by molar-refractivity contribution is 6.23. The van der Waals surface area contributed by atoms with Crippen molar-refractivity contribution in [3.05, 3.63) is 82.4 Å². The van der Waals surface area contributed by atoms with Gasteiger partial charge in [-0.05, 0) is 49.4 Å². The Morgan fingerprint density at radius 2 is 1.17 bits per heavy atom. The van der Waals surface area contributed by atoms with Gasteiger partial charge in [-0.3, -0.25) is 9.59 Å². The molecule has 46 heavy (non-hydrogen) atoms. The van der Waals surface area contributed by atoms with Crippen molar-refractivity contribution >= 4 is 29.5 Å². The summed E-state index contributed by atoms with van der Waals surface area (Å²) in [6.07, 6.45) is 19.5. The minimum atomic E-state index is -1.37. The van der Waals surface area contributed by atoms with Crippen LogP contribution in [0, 0.1) is 0 Å². The van der Waals surface area contributed by atoms with Gasteiger partial charge >= 0.3 is 17.9 Å². The highest BCUT2D eigenvalue weighted by Gasteiger charge is 2.19. The zero-order valence-corrected chi connectivity index (χ0v) is 27.8. The van der Waals surface area contributed by atoms with Crippen LogP contribution in [0.15, 0.2) is 54.6 Å². The number of aliphatic carboxylic acids is 1. The van der Waals surface area contributed by atoms with Gasteiger partial charge in [-0.2, -0.15) is 0 Å². The first kappa shape index (κ1) is 40.0. The SMILES string of the molecule is C=C(C(=O)O)C(=O)c1cccc(C(CCC)CCCCCCCCCCCCCC)c1.CC(=O)c1ccc(C(=O)O)c(C(=O)O)c1. The summed E-state index contributed by atoms with van der Waals surface area (Å²) in [6, 6.07) is 11.0. The van der Waals surface area contributed by atoms with E-state index in [2.05, 4.69) is 26.5 Å². The highest BCUT2D eigenvalue weighted by Crippen LogP contribution is 2.29. The molecule has 3 N–H and O–H groups in total. The largest absolute Gasteiger partial charge is 0.478 e. The molecule has 252 valence electrons. The lowest BCUT2D eigenvalue weighted by Crippen LogP contribution is -2.12. The van der Waals surface area contributed by atoms with Gasteiger partial charge in [0.2, 0.25) is 0 Å². The summed E-state index contributed by atoms with van der Waals surface area (Å²) in [5.74, 6) is -4.32. The number of unbranched alkanes of at least 4 members (excludes halogenated alkanes) is 11. The summed E-state index contributed by atoms with van der Waals surface area (Å²) in [5.41, 5.74) is 0.680. The Hall–Kier alpha value is -4.07. The Bertz CT molecular complexity index is 1310. The van der Waals surface area contributed by atoms with Gasteiger partial charge < -0.3 is 15.3 Å². The maximum absolute atomic E-state index is 12.3. The Kier molecular flexibility index (Phi) is 19.5. The average Bonchev–Trinajstić information content (AvgIpc) is 3.03. The summed E-state index contributed by atoms with van der Waals surface area (Å²) < 4.78 is 0. The predicted molar refractivity (Wildman–Crippen MR) is 181 cm³/mol. The van der Waals surface area contributed by atoms with Crippen molar-refractivity contribution in [3.8, 4) is 0 Å². The number of carboxylic acid groups (broad SMARTS) is 3. The van der Waals surface area contributed by atoms with E-state index in [-0.39, 0.29) is 28.0 Å². The van der Waals surface area contributed by atoms with Crippen LogP contribution in [-0.2, 0) is 4.79 Å². The van der Waals surface area contributed by atoms with Crippen molar-refractivity contribution in [2.45, 2.75) is 123 Å². The average molecular weight is 637 g/mol. The second kappa shape index (κ2) is 22.4. The lowest BCUT2D eigenvalue weighted by atomic mass is 9.87. The van der Waals surface area contributed by atoms with Crippen LogP contribution in [0.3, 0.4) is 0 Å². The summed E-state index contributed by atoms with van der Waals surface area (Å²) in [4.78, 5) is 55.7. The smallest absolute Gasteiger partial charge is 0.339 e. The molecule has 0 heterocycles. The predicted octanol–water partition coefficient (Wildman–Crippen LogP) is 9.77. The summed E-state index contributed by atoms with van der Waals surface area (Å²) in [7, 11) is 0. The number of aromatic carboxylic acids is 2. The van der Waals surface area contributed by atoms with E-state index in [1.165, 1.54) is 90.0 Å². The molecule has 1 unspecified atom stereocenters. The summed E-state index contributed by atoms with van der Waals surface area (Å²) >= 11 is 0. The third-order valence-corrected chi connectivity index (χ3v) is 8.08. The van der Waals surface area contributed by atoms with Crippen LogP contribution in [-0.4, -0.2) is 44.8 Å². The molecule has 0 aliphatic heterocycles. The molecule has 0 aromatic heterocycles. The van der Waals surface area contributed by atoms with E-state index >= 15 is 0 Å². The number of hydrogen-bond donors (Lipinski definition) is 3. The Morgan fingerprint density at radius 1 is 0.630 bits per heavy atom. The molecule has 2 rings (SSSR count). The number of hydrogen-bond acceptors (Lipinski definition) is 5. The molecule has 0 fully saturated rings. The van der Waals surface area contributed by atoms with E-state index in [4.69, 9.17) is 15.3 Å². The normalized spacial score (nSPS) is 11.2. The van der Waals surface area contributed by atoms with Crippen molar-refractivity contribution in [2.75, 3.05) is 0 Å². The molecular formula is C38H52O8. The Morgan fingerprint density at radius 3 is 1.65 bits per heavy atom. The zero-order valence-electron chi connectivity index (χ0n) is 27.8. The standard InChI is InChI=1S/C28H44O3.C10H8O5/c1-4-6-7-8-9-10-11-12-13-14-15-16-19-24(18-5-2)25-20-17-21-26(22-25)27(29)23(3)28(30)31;1-5(11)6-2-3-7(9(12)13)8(4-6)10(14)15/h17,20-22,24H,3-16,18-19H2,1-2H3,(H,30,31);2-4H,1H3,(H,12,13)(H,14,15). The van der Waals surface area contributed by atoms with E-state index in [0.717, 1.165) is 37.0 Å². The van der Waals surface area contributed by atoms with Gasteiger partial charge in [-0.15, -0.1) is 0 Å². The van der Waals surface area contributed by atoms with E-state index in [1.807, 2.05) is 12.1 Å². The molecule has 0 saturated carbocycles. The molecule has 0 spiro atoms. The quantitative estimate of drug-likeness (QED) is 0.0380. The van der Waals surface area contributed by atoms with Crippen molar-refractivity contribution < 1.29 is 39.3 Å². The zero-order chi connectivity index (χ0) is 34.5. The summed E-state index contributed by atoms with van der Waals surface area (Å²) in [6.45, 7) is 9.14. The first-order chi connectivity index (χ1) is 21.9. The van der Waals surface area contributed by atoms with Crippen molar-refractivity contribution in [2.24, 2.45) is 0 Å². The summed E-state index contributed by atoms with van der Waals surface area (Å²) in [5, 5.41) is 26.5. The number of Topliss-reactive ketones (excluding diaryl/α,β-unsaturated/α-hetero) is 2. The van der Waals surface area contributed by atoms with Crippen LogP contribution in [0.2, 0.25) is 0 Å². The van der Waals surface area contributed by atoms with Gasteiger partial charge in [0.15, 0.2) is 11.6 Å². The van der Waals surface area contributed by atoms with Gasteiger partial charge in [-0.25, -0.2) is 14.4 Å². The van der Waals surface area contributed by atoms with E-state index in [1.54, 1.807) is 6.07 Å². The molecule has 0 radical (unpaired) electrons. The third-order valence-electron chi connectivity index (χ3n) is 8.08. The molecule has 0 amide bonds. The van der Waals surface area contributed by atoms with Crippen molar-refractivity contribution in [3.63, 3.8) is 0 Å². The lowest BCUT2D eigenvalue weighted by Gasteiger charge is -2.17. The van der Waals surface area contributed by atoms with Crippen LogP contribution >= 0.6 is 0 Å². The number of rotatable bonds is 22. The fraction of sp³-hybridized carbons (Fsp3) is 0.500. The van der Waals surface area contributed by atoms with Gasteiger partial charge in [0.05, 0.1) is 11.1 Å². The van der Waals surface area contributed by atoms with E-state index < -0.39 is 23.7 Å². The first-order valence-electron chi connectivity index (χ1n) is 16.6. The van der Waals surface area contributed by atoms with Crippen LogP contribution in [0.5, 0.6) is 0 Å². The molecule has 2 aromatic rings. The van der Waals surface area contributed by atoms with E-state index in [9.17, 15) is 24.0 Å². The molecule has 2 aromatic carbocycles. The van der Waals surface area contributed by atoms with Gasteiger partial charge in [0.25, 0.3) is 0 Å². The van der Waals surface area contributed by atoms with Gasteiger partial charge in [-0.1, -0.05) is 128 Å². The minimum absolute atomic E-state index is 0.178. The second-order valence-electron chi connectivity index (χ2n) is 11.8. The number of ketones is 2. The highest BCUT2D eigenvalue weighted by atomic mass is 16.4. The maximum atomic E-state index is 12.3. The number of benzene rings is 2. The van der Waals surface area contributed by atoms with Crippen LogP contribution in [0.1, 0.15) is 170 Å². The fourth-order valence-corrected chi connectivity index (χ4v) is 5.39. The van der Waals surface area contributed by atoms with Gasteiger partial charge in [0, 0.05) is 11.1 Å². The maximum Gasteiger partial charge on any atom is 0.339 e. The molecule has 0 aliphatic carbocycles. The topological polar surface area (TPSA) is 146 Å².